The average molecular weight is 358 g/mol. The van der Waals surface area contributed by atoms with Crippen molar-refractivity contribution in [2.24, 2.45) is 0 Å². The summed E-state index contributed by atoms with van der Waals surface area (Å²) in [7, 11) is 0. The third-order valence-corrected chi connectivity index (χ3v) is 4.85. The van der Waals surface area contributed by atoms with Crippen molar-refractivity contribution in [1.82, 2.24) is 0 Å². The lowest BCUT2D eigenvalue weighted by molar-refractivity contribution is -0.154. The Labute approximate surface area is 157 Å². The van der Waals surface area contributed by atoms with Crippen LogP contribution < -0.4 is 9.47 Å². The van der Waals surface area contributed by atoms with Crippen LogP contribution in [0.15, 0.2) is 84.9 Å². The molecule has 0 atom stereocenters. The van der Waals surface area contributed by atoms with Crippen molar-refractivity contribution in [1.29, 1.82) is 0 Å². The number of carbonyl (C=O) groups excluding carboxylic acids is 2. The zero-order valence-electron chi connectivity index (χ0n) is 14.6. The standard InChI is InChI=1S/C23H18O4/c24-21(26-18-10-3-1-4-11-18)23(16-15-17-9-7-8-14-20(17)23)22(25)27-19-12-5-2-6-13-19/h1-14H,15-16H2. The molecule has 3 aromatic carbocycles. The lowest BCUT2D eigenvalue weighted by Crippen LogP contribution is -2.47. The van der Waals surface area contributed by atoms with E-state index in [0.29, 0.717) is 29.9 Å². The minimum atomic E-state index is -1.47. The van der Waals surface area contributed by atoms with Gasteiger partial charge in [-0.25, -0.2) is 0 Å². The van der Waals surface area contributed by atoms with E-state index in [1.54, 1.807) is 54.6 Å². The summed E-state index contributed by atoms with van der Waals surface area (Å²) in [5.41, 5.74) is 0.154. The Morgan fingerprint density at radius 1 is 0.667 bits per heavy atom. The zero-order valence-corrected chi connectivity index (χ0v) is 14.6. The van der Waals surface area contributed by atoms with Crippen LogP contribution in [0.2, 0.25) is 0 Å². The Hall–Kier alpha value is -3.40. The Morgan fingerprint density at radius 3 is 1.70 bits per heavy atom. The molecule has 0 saturated heterocycles. The molecule has 3 aromatic rings. The van der Waals surface area contributed by atoms with Crippen LogP contribution in [0, 0.1) is 0 Å². The van der Waals surface area contributed by atoms with Gasteiger partial charge in [0.25, 0.3) is 0 Å². The molecule has 1 aliphatic carbocycles. The first kappa shape index (κ1) is 17.0. The molecule has 4 heteroatoms. The van der Waals surface area contributed by atoms with Crippen molar-refractivity contribution in [3.8, 4) is 11.5 Å². The van der Waals surface area contributed by atoms with Crippen molar-refractivity contribution >= 4 is 11.9 Å². The quantitative estimate of drug-likeness (QED) is 0.401. The highest BCUT2D eigenvalue weighted by molar-refractivity contribution is 6.08. The fourth-order valence-corrected chi connectivity index (χ4v) is 3.48. The second kappa shape index (κ2) is 7.08. The van der Waals surface area contributed by atoms with Crippen molar-refractivity contribution in [3.63, 3.8) is 0 Å². The van der Waals surface area contributed by atoms with E-state index in [1.807, 2.05) is 30.3 Å². The van der Waals surface area contributed by atoms with Crippen molar-refractivity contribution < 1.29 is 19.1 Å². The molecule has 0 unspecified atom stereocenters. The highest BCUT2D eigenvalue weighted by atomic mass is 16.6. The third kappa shape index (κ3) is 3.10. The van der Waals surface area contributed by atoms with Gasteiger partial charge in [-0.2, -0.15) is 0 Å². The van der Waals surface area contributed by atoms with E-state index in [4.69, 9.17) is 9.47 Å². The van der Waals surface area contributed by atoms with Crippen LogP contribution in [-0.2, 0) is 21.4 Å². The molecule has 0 N–H and O–H groups in total. The van der Waals surface area contributed by atoms with Gasteiger partial charge in [0, 0.05) is 0 Å². The molecule has 0 radical (unpaired) electrons. The zero-order chi connectivity index (χ0) is 18.7. The van der Waals surface area contributed by atoms with Gasteiger partial charge >= 0.3 is 11.9 Å². The number of carbonyl (C=O) groups is 2. The summed E-state index contributed by atoms with van der Waals surface area (Å²) in [5, 5.41) is 0. The molecule has 4 nitrogen and oxygen atoms in total. The number of aryl methyl sites for hydroxylation is 1. The molecule has 0 amide bonds. The summed E-state index contributed by atoms with van der Waals surface area (Å²) in [6.07, 6.45) is 0.938. The van der Waals surface area contributed by atoms with Crippen molar-refractivity contribution in [3.05, 3.63) is 96.1 Å². The first-order valence-corrected chi connectivity index (χ1v) is 8.83. The summed E-state index contributed by atoms with van der Waals surface area (Å²) in [6.45, 7) is 0. The normalized spacial score (nSPS) is 14.2. The van der Waals surface area contributed by atoms with E-state index in [1.165, 1.54) is 0 Å². The second-order valence-electron chi connectivity index (χ2n) is 6.47. The molecular weight excluding hydrogens is 340 g/mol. The van der Waals surface area contributed by atoms with E-state index < -0.39 is 17.4 Å². The minimum Gasteiger partial charge on any atom is -0.425 e. The molecule has 0 heterocycles. The fraction of sp³-hybridized carbons (Fsp3) is 0.130. The number of hydrogen-bond donors (Lipinski definition) is 0. The number of fused-ring (bicyclic) bond motifs is 1. The molecule has 0 saturated carbocycles. The summed E-state index contributed by atoms with van der Waals surface area (Å²) in [5.74, 6) is -0.420. The van der Waals surface area contributed by atoms with Crippen LogP contribution in [0.3, 0.4) is 0 Å². The molecule has 0 aliphatic heterocycles. The third-order valence-electron chi connectivity index (χ3n) is 4.85. The minimum absolute atomic E-state index is 0.323. The maximum atomic E-state index is 13.2. The first-order valence-electron chi connectivity index (χ1n) is 8.83. The second-order valence-corrected chi connectivity index (χ2v) is 6.47. The number of ether oxygens (including phenoxy) is 2. The van der Waals surface area contributed by atoms with Crippen molar-refractivity contribution in [2.75, 3.05) is 0 Å². The van der Waals surface area contributed by atoms with E-state index in [9.17, 15) is 9.59 Å². The van der Waals surface area contributed by atoms with Crippen LogP contribution in [0.4, 0.5) is 0 Å². The highest BCUT2D eigenvalue weighted by Crippen LogP contribution is 2.41. The van der Waals surface area contributed by atoms with E-state index in [0.717, 1.165) is 5.56 Å². The average Bonchev–Trinajstić information content (AvgIpc) is 3.10. The fourth-order valence-electron chi connectivity index (χ4n) is 3.48. The van der Waals surface area contributed by atoms with Crippen LogP contribution in [0.5, 0.6) is 11.5 Å². The maximum Gasteiger partial charge on any atom is 0.333 e. The van der Waals surface area contributed by atoms with Crippen LogP contribution in [-0.4, -0.2) is 11.9 Å². The Balaban J connectivity index is 1.72. The number of benzene rings is 3. The Kier molecular flexibility index (Phi) is 4.47. The van der Waals surface area contributed by atoms with Crippen LogP contribution in [0.1, 0.15) is 17.5 Å². The molecule has 0 fully saturated rings. The summed E-state index contributed by atoms with van der Waals surface area (Å²) < 4.78 is 11.2. The van der Waals surface area contributed by atoms with Gasteiger partial charge in [0.15, 0.2) is 5.41 Å². The van der Waals surface area contributed by atoms with Gasteiger partial charge in [-0.15, -0.1) is 0 Å². The maximum absolute atomic E-state index is 13.2. The topological polar surface area (TPSA) is 52.6 Å². The lowest BCUT2D eigenvalue weighted by Gasteiger charge is -2.25. The van der Waals surface area contributed by atoms with Gasteiger partial charge in [0.1, 0.15) is 11.5 Å². The molecule has 0 aromatic heterocycles. The van der Waals surface area contributed by atoms with E-state index in [-0.39, 0.29) is 0 Å². The Bertz CT molecular complexity index is 910. The van der Waals surface area contributed by atoms with Gasteiger partial charge in [-0.1, -0.05) is 60.7 Å². The molecule has 0 spiro atoms. The van der Waals surface area contributed by atoms with Gasteiger partial charge in [0.2, 0.25) is 0 Å². The number of para-hydroxylation sites is 2. The highest BCUT2D eigenvalue weighted by Gasteiger charge is 2.54. The largest absolute Gasteiger partial charge is 0.425 e. The summed E-state index contributed by atoms with van der Waals surface area (Å²) >= 11 is 0. The SMILES string of the molecule is O=C(Oc1ccccc1)C1(C(=O)Oc2ccccc2)CCc2ccccc21. The molecular formula is C23H18O4. The van der Waals surface area contributed by atoms with Gasteiger partial charge < -0.3 is 9.47 Å². The lowest BCUT2D eigenvalue weighted by atomic mass is 9.81. The number of esters is 2. The first-order chi connectivity index (χ1) is 13.2. The molecule has 0 bridgehead atoms. The van der Waals surface area contributed by atoms with E-state index in [2.05, 4.69) is 0 Å². The number of rotatable bonds is 4. The smallest absolute Gasteiger partial charge is 0.333 e. The molecule has 134 valence electrons. The monoisotopic (exact) mass is 358 g/mol. The number of hydrogen-bond acceptors (Lipinski definition) is 4. The molecule has 4 rings (SSSR count). The predicted molar refractivity (Wildman–Crippen MR) is 101 cm³/mol. The molecule has 1 aliphatic rings. The summed E-state index contributed by atoms with van der Waals surface area (Å²) in [4.78, 5) is 26.4. The summed E-state index contributed by atoms with van der Waals surface area (Å²) in [6, 6.07) is 25.0. The predicted octanol–water partition coefficient (Wildman–Crippen LogP) is 4.08. The van der Waals surface area contributed by atoms with E-state index >= 15 is 0 Å². The van der Waals surface area contributed by atoms with Gasteiger partial charge in [-0.05, 0) is 48.2 Å². The van der Waals surface area contributed by atoms with Gasteiger partial charge in [0.05, 0.1) is 0 Å². The Morgan fingerprint density at radius 2 is 1.15 bits per heavy atom. The van der Waals surface area contributed by atoms with Crippen LogP contribution >= 0.6 is 0 Å². The molecule has 27 heavy (non-hydrogen) atoms. The van der Waals surface area contributed by atoms with Crippen molar-refractivity contribution in [2.45, 2.75) is 18.3 Å². The van der Waals surface area contributed by atoms with Crippen LogP contribution in [0.25, 0.3) is 0 Å². The van der Waals surface area contributed by atoms with Gasteiger partial charge in [-0.3, -0.25) is 9.59 Å².